The van der Waals surface area contributed by atoms with Crippen LogP contribution in [0.4, 0.5) is 0 Å². The van der Waals surface area contributed by atoms with Crippen molar-refractivity contribution >= 4 is 28.6 Å². The van der Waals surface area contributed by atoms with E-state index in [9.17, 15) is 0 Å². The zero-order valence-corrected chi connectivity index (χ0v) is 10.8. The largest absolute Gasteiger partial charge is 0.297 e. The van der Waals surface area contributed by atoms with E-state index < -0.39 is 0 Å². The van der Waals surface area contributed by atoms with Crippen LogP contribution in [-0.4, -0.2) is 35.5 Å². The zero-order chi connectivity index (χ0) is 11.4. The van der Waals surface area contributed by atoms with Gasteiger partial charge < -0.3 is 0 Å². The molecule has 15 heavy (non-hydrogen) atoms. The second-order valence-corrected chi connectivity index (χ2v) is 4.53. The minimum Gasteiger partial charge on any atom is -0.297 e. The molecule has 0 N–H and O–H groups in total. The monoisotopic (exact) mass is 225 g/mol. The third-order valence-corrected chi connectivity index (χ3v) is 3.06. The van der Waals surface area contributed by atoms with Crippen LogP contribution >= 0.6 is 12.2 Å². The summed E-state index contributed by atoms with van der Waals surface area (Å²) in [5.74, 6) is 0.600. The molecule has 0 atom stereocenters. The molecular weight excluding hydrogens is 206 g/mol. The van der Waals surface area contributed by atoms with Crippen LogP contribution < -0.4 is 0 Å². The van der Waals surface area contributed by atoms with Gasteiger partial charge in [-0.3, -0.25) is 10.0 Å². The molecule has 0 spiro atoms. The number of rotatable bonds is 4. The van der Waals surface area contributed by atoms with Crippen LogP contribution in [0.2, 0.25) is 0 Å². The van der Waals surface area contributed by atoms with Crippen LogP contribution in [0.3, 0.4) is 0 Å². The third kappa shape index (κ3) is 4.08. The molecule has 0 aromatic heterocycles. The Kier molecular flexibility index (Phi) is 4.39. The fourth-order valence-electron chi connectivity index (χ4n) is 1.38. The summed E-state index contributed by atoms with van der Waals surface area (Å²) < 4.78 is 0. The van der Waals surface area contributed by atoms with Crippen molar-refractivity contribution in [3.63, 3.8) is 0 Å². The standard InChI is InChI=1S/C11H19N3S/c1-8(12-3)7-9(2)13-14(4)11(15)10-5-6-10/h10H,5-7H2,1-4H3/b12-8?,13-9+. The molecule has 84 valence electrons. The molecule has 4 heteroatoms. The van der Waals surface area contributed by atoms with Gasteiger partial charge in [-0.15, -0.1) is 0 Å². The summed E-state index contributed by atoms with van der Waals surface area (Å²) >= 11 is 5.31. The predicted molar refractivity (Wildman–Crippen MR) is 69.8 cm³/mol. The zero-order valence-electron chi connectivity index (χ0n) is 9.95. The van der Waals surface area contributed by atoms with E-state index in [0.717, 1.165) is 22.8 Å². The van der Waals surface area contributed by atoms with Crippen LogP contribution in [0.25, 0.3) is 0 Å². The van der Waals surface area contributed by atoms with E-state index in [0.29, 0.717) is 5.92 Å². The molecule has 0 aromatic carbocycles. The molecule has 3 nitrogen and oxygen atoms in total. The summed E-state index contributed by atoms with van der Waals surface area (Å²) in [7, 11) is 3.74. The van der Waals surface area contributed by atoms with Crippen molar-refractivity contribution in [2.24, 2.45) is 16.0 Å². The Hall–Kier alpha value is -0.770. The van der Waals surface area contributed by atoms with Crippen LogP contribution in [0.15, 0.2) is 10.1 Å². The van der Waals surface area contributed by atoms with Gasteiger partial charge >= 0.3 is 0 Å². The average Bonchev–Trinajstić information content (AvgIpc) is 2.99. The first-order chi connectivity index (χ1) is 7.04. The predicted octanol–water partition coefficient (Wildman–Crippen LogP) is 2.51. The first kappa shape index (κ1) is 12.3. The number of hydrazone groups is 1. The molecule has 0 aliphatic heterocycles. The third-order valence-electron chi connectivity index (χ3n) is 2.46. The first-order valence-corrected chi connectivity index (χ1v) is 5.69. The highest BCUT2D eigenvalue weighted by molar-refractivity contribution is 7.80. The number of hydrogen-bond acceptors (Lipinski definition) is 3. The highest BCUT2D eigenvalue weighted by Crippen LogP contribution is 2.31. The summed E-state index contributed by atoms with van der Waals surface area (Å²) in [5, 5.41) is 6.29. The van der Waals surface area contributed by atoms with Gasteiger partial charge in [0.15, 0.2) is 0 Å². The topological polar surface area (TPSA) is 28.0 Å². The molecule has 0 radical (unpaired) electrons. The molecule has 1 rings (SSSR count). The van der Waals surface area contributed by atoms with Crippen molar-refractivity contribution < 1.29 is 0 Å². The highest BCUT2D eigenvalue weighted by atomic mass is 32.1. The van der Waals surface area contributed by atoms with Crippen LogP contribution in [0.1, 0.15) is 33.1 Å². The van der Waals surface area contributed by atoms with Crippen LogP contribution in [0.5, 0.6) is 0 Å². The van der Waals surface area contributed by atoms with Gasteiger partial charge in [0.2, 0.25) is 0 Å². The van der Waals surface area contributed by atoms with E-state index in [2.05, 4.69) is 10.1 Å². The molecular formula is C11H19N3S. The molecule has 0 amide bonds. The lowest BCUT2D eigenvalue weighted by Crippen LogP contribution is -2.22. The van der Waals surface area contributed by atoms with E-state index in [4.69, 9.17) is 12.2 Å². The van der Waals surface area contributed by atoms with E-state index in [1.54, 1.807) is 7.05 Å². The van der Waals surface area contributed by atoms with Gasteiger partial charge in [-0.25, -0.2) is 0 Å². The maximum absolute atomic E-state index is 5.31. The Morgan fingerprint density at radius 3 is 2.40 bits per heavy atom. The Bertz CT molecular complexity index is 303. The van der Waals surface area contributed by atoms with Crippen molar-refractivity contribution in [2.45, 2.75) is 33.1 Å². The van der Waals surface area contributed by atoms with Gasteiger partial charge in [0.25, 0.3) is 0 Å². The Morgan fingerprint density at radius 1 is 1.33 bits per heavy atom. The number of aliphatic imine (C=N–C) groups is 1. The molecule has 0 unspecified atom stereocenters. The lowest BCUT2D eigenvalue weighted by atomic mass is 10.2. The van der Waals surface area contributed by atoms with Gasteiger partial charge in [0.05, 0.1) is 0 Å². The van der Waals surface area contributed by atoms with E-state index in [1.807, 2.05) is 25.9 Å². The quantitative estimate of drug-likeness (QED) is 0.418. The van der Waals surface area contributed by atoms with Crippen molar-refractivity contribution in [3.05, 3.63) is 0 Å². The lowest BCUT2D eigenvalue weighted by Gasteiger charge is -2.14. The summed E-state index contributed by atoms with van der Waals surface area (Å²) in [6.45, 7) is 4.03. The molecule has 1 aliphatic carbocycles. The summed E-state index contributed by atoms with van der Waals surface area (Å²) in [5.41, 5.74) is 2.16. The Morgan fingerprint density at radius 2 is 1.93 bits per heavy atom. The molecule has 1 fully saturated rings. The minimum atomic E-state index is 0.600. The van der Waals surface area contributed by atoms with Crippen LogP contribution in [-0.2, 0) is 0 Å². The number of thiocarbonyl (C=S) groups is 1. The molecule has 1 aliphatic rings. The van der Waals surface area contributed by atoms with Crippen molar-refractivity contribution in [2.75, 3.05) is 14.1 Å². The SMILES string of the molecule is CN=C(C)C/C(C)=N/N(C)C(=S)C1CC1. The molecule has 0 heterocycles. The van der Waals surface area contributed by atoms with Gasteiger partial charge in [0, 0.05) is 37.9 Å². The average molecular weight is 225 g/mol. The fraction of sp³-hybridized carbons (Fsp3) is 0.727. The Balaban J connectivity index is 2.49. The summed E-state index contributed by atoms with van der Waals surface area (Å²) in [6, 6.07) is 0. The molecule has 0 saturated heterocycles. The maximum atomic E-state index is 5.31. The molecule has 1 saturated carbocycles. The first-order valence-electron chi connectivity index (χ1n) is 5.28. The molecule has 0 aromatic rings. The summed E-state index contributed by atoms with van der Waals surface area (Å²) in [6.07, 6.45) is 3.29. The van der Waals surface area contributed by atoms with E-state index in [-0.39, 0.29) is 0 Å². The summed E-state index contributed by atoms with van der Waals surface area (Å²) in [4.78, 5) is 5.09. The van der Waals surface area contributed by atoms with Gasteiger partial charge in [0.1, 0.15) is 4.99 Å². The maximum Gasteiger partial charge on any atom is 0.102 e. The lowest BCUT2D eigenvalue weighted by molar-refractivity contribution is 0.536. The Labute approximate surface area is 97.3 Å². The molecule has 0 bridgehead atoms. The van der Waals surface area contributed by atoms with Crippen molar-refractivity contribution in [1.82, 2.24) is 5.01 Å². The van der Waals surface area contributed by atoms with Crippen molar-refractivity contribution in [1.29, 1.82) is 0 Å². The smallest absolute Gasteiger partial charge is 0.102 e. The highest BCUT2D eigenvalue weighted by Gasteiger charge is 2.28. The second kappa shape index (κ2) is 5.35. The number of hydrogen-bond donors (Lipinski definition) is 0. The number of nitrogens with zero attached hydrogens (tertiary/aromatic N) is 3. The van der Waals surface area contributed by atoms with E-state index >= 15 is 0 Å². The fourth-order valence-corrected chi connectivity index (χ4v) is 1.66. The minimum absolute atomic E-state index is 0.600. The van der Waals surface area contributed by atoms with E-state index in [1.165, 1.54) is 12.8 Å². The van der Waals surface area contributed by atoms with Crippen LogP contribution in [0, 0.1) is 5.92 Å². The second-order valence-electron chi connectivity index (χ2n) is 4.11. The van der Waals surface area contributed by atoms with Gasteiger partial charge in [-0.05, 0) is 26.7 Å². The van der Waals surface area contributed by atoms with Gasteiger partial charge in [-0.1, -0.05) is 12.2 Å². The normalized spacial score (nSPS) is 17.9. The van der Waals surface area contributed by atoms with Crippen molar-refractivity contribution in [3.8, 4) is 0 Å². The van der Waals surface area contributed by atoms with Gasteiger partial charge in [-0.2, -0.15) is 5.10 Å².